The van der Waals surface area contributed by atoms with Gasteiger partial charge in [-0.3, -0.25) is 0 Å². The average molecular weight is 176 g/mol. The number of hydrogen-bond acceptors (Lipinski definition) is 3. The number of nitriles is 1. The Hall–Kier alpha value is -0.630. The van der Waals surface area contributed by atoms with E-state index in [1.165, 1.54) is 13.8 Å². The molecule has 0 aliphatic rings. The van der Waals surface area contributed by atoms with E-state index in [9.17, 15) is 0 Å². The van der Waals surface area contributed by atoms with Crippen molar-refractivity contribution in [3.8, 4) is 6.07 Å². The molecule has 4 heteroatoms. The lowest BCUT2D eigenvalue weighted by Crippen LogP contribution is -2.27. The van der Waals surface area contributed by atoms with Crippen LogP contribution >= 0.6 is 0 Å². The third-order valence-electron chi connectivity index (χ3n) is 0.274. The zero-order chi connectivity index (χ0) is 9.71. The number of aliphatic hydroxyl groups is 1. The minimum Gasteiger partial charge on any atom is -0.870 e. The predicted octanol–water partition coefficient (Wildman–Crippen LogP) is 0.426. The van der Waals surface area contributed by atoms with Gasteiger partial charge in [-0.15, -0.1) is 0 Å². The Balaban J connectivity index is -0.000000126. The summed E-state index contributed by atoms with van der Waals surface area (Å²) in [6.45, 7) is 2.88. The second-order valence-corrected chi connectivity index (χ2v) is 4.35. The third-order valence-corrected chi connectivity index (χ3v) is 0.274. The molecule has 12 heavy (non-hydrogen) atoms. The summed E-state index contributed by atoms with van der Waals surface area (Å²) in [5, 5.41) is 16.4. The SMILES string of the molecule is CC(C)(O)C#N.C[N+](C)(C)C.[OH-]. The molecule has 2 N–H and O–H groups in total. The molecule has 0 spiro atoms. The number of quaternary nitrogens is 1. The molecule has 74 valence electrons. The largest absolute Gasteiger partial charge is 0.870 e. The van der Waals surface area contributed by atoms with E-state index in [-0.39, 0.29) is 5.48 Å². The van der Waals surface area contributed by atoms with Crippen molar-refractivity contribution in [3.05, 3.63) is 0 Å². The topological polar surface area (TPSA) is 74.0 Å². The molecule has 0 aliphatic carbocycles. The molecule has 0 aromatic heterocycles. The van der Waals surface area contributed by atoms with Crippen molar-refractivity contribution in [3.63, 3.8) is 0 Å². The second kappa shape index (κ2) is 5.95. The van der Waals surface area contributed by atoms with Crippen molar-refractivity contribution in [2.45, 2.75) is 19.4 Å². The van der Waals surface area contributed by atoms with Crippen molar-refractivity contribution in [1.29, 1.82) is 5.26 Å². The first-order valence-corrected chi connectivity index (χ1v) is 3.49. The number of hydrogen-bond donors (Lipinski definition) is 1. The van der Waals surface area contributed by atoms with Gasteiger partial charge in [0.2, 0.25) is 0 Å². The van der Waals surface area contributed by atoms with E-state index < -0.39 is 5.60 Å². The van der Waals surface area contributed by atoms with Crippen LogP contribution < -0.4 is 0 Å². The van der Waals surface area contributed by atoms with Crippen LogP contribution in [0.1, 0.15) is 13.8 Å². The van der Waals surface area contributed by atoms with Crippen molar-refractivity contribution in [2.24, 2.45) is 0 Å². The summed E-state index contributed by atoms with van der Waals surface area (Å²) < 4.78 is 1.00. The molecular formula is C8H20N2O2. The van der Waals surface area contributed by atoms with Crippen molar-refractivity contribution in [1.82, 2.24) is 0 Å². The van der Waals surface area contributed by atoms with Gasteiger partial charge in [-0.1, -0.05) is 0 Å². The first kappa shape index (κ1) is 17.5. The predicted molar refractivity (Wildman–Crippen MR) is 47.8 cm³/mol. The quantitative estimate of drug-likeness (QED) is 0.429. The number of nitrogens with zero attached hydrogens (tertiary/aromatic N) is 2. The van der Waals surface area contributed by atoms with E-state index in [1.807, 2.05) is 0 Å². The molecule has 0 bridgehead atoms. The van der Waals surface area contributed by atoms with Crippen LogP contribution in [0.5, 0.6) is 0 Å². The summed E-state index contributed by atoms with van der Waals surface area (Å²) in [7, 11) is 8.50. The zero-order valence-corrected chi connectivity index (χ0v) is 8.79. The molecule has 0 aromatic rings. The van der Waals surface area contributed by atoms with E-state index in [0.29, 0.717) is 0 Å². The van der Waals surface area contributed by atoms with Crippen LogP contribution in [-0.2, 0) is 0 Å². The summed E-state index contributed by atoms with van der Waals surface area (Å²) in [6.07, 6.45) is 0. The van der Waals surface area contributed by atoms with E-state index in [4.69, 9.17) is 10.4 Å². The minimum atomic E-state index is -1.15. The van der Waals surface area contributed by atoms with Crippen LogP contribution in [0.15, 0.2) is 0 Å². The van der Waals surface area contributed by atoms with Gasteiger partial charge in [-0.25, -0.2) is 0 Å². The van der Waals surface area contributed by atoms with E-state index in [0.717, 1.165) is 4.48 Å². The molecular weight excluding hydrogens is 156 g/mol. The maximum absolute atomic E-state index is 8.47. The highest BCUT2D eigenvalue weighted by Gasteiger charge is 2.07. The van der Waals surface area contributed by atoms with Gasteiger partial charge in [0, 0.05) is 0 Å². The molecule has 0 radical (unpaired) electrons. The van der Waals surface area contributed by atoms with Crippen LogP contribution in [0, 0.1) is 11.3 Å². The van der Waals surface area contributed by atoms with Gasteiger partial charge in [0.05, 0.1) is 34.3 Å². The smallest absolute Gasteiger partial charge is 0.145 e. The molecule has 0 rings (SSSR count). The Morgan fingerprint density at radius 1 is 1.17 bits per heavy atom. The van der Waals surface area contributed by atoms with E-state index in [1.54, 1.807) is 6.07 Å². The molecule has 0 aromatic carbocycles. The lowest BCUT2D eigenvalue weighted by atomic mass is 10.2. The van der Waals surface area contributed by atoms with Gasteiger partial charge in [0.25, 0.3) is 0 Å². The maximum atomic E-state index is 8.47. The monoisotopic (exact) mass is 176 g/mol. The van der Waals surface area contributed by atoms with Crippen LogP contribution in [0.25, 0.3) is 0 Å². The van der Waals surface area contributed by atoms with E-state index >= 15 is 0 Å². The summed E-state index contributed by atoms with van der Waals surface area (Å²) in [5.74, 6) is 0. The summed E-state index contributed by atoms with van der Waals surface area (Å²) in [6, 6.07) is 1.66. The van der Waals surface area contributed by atoms with Gasteiger partial charge in [0.1, 0.15) is 5.60 Å². The Morgan fingerprint density at radius 3 is 1.25 bits per heavy atom. The minimum absolute atomic E-state index is 0. The average Bonchev–Trinajstić information content (AvgIpc) is 1.59. The molecule has 0 amide bonds. The molecule has 0 unspecified atom stereocenters. The molecule has 0 saturated carbocycles. The van der Waals surface area contributed by atoms with Gasteiger partial charge in [-0.2, -0.15) is 5.26 Å². The fraction of sp³-hybridized carbons (Fsp3) is 0.875. The highest BCUT2D eigenvalue weighted by molar-refractivity contribution is 4.91. The van der Waals surface area contributed by atoms with Gasteiger partial charge >= 0.3 is 0 Å². The Labute approximate surface area is 74.9 Å². The Bertz CT molecular complexity index is 131. The fourth-order valence-corrected chi connectivity index (χ4v) is 0. The highest BCUT2D eigenvalue weighted by atomic mass is 16.3. The van der Waals surface area contributed by atoms with Crippen LogP contribution in [0.3, 0.4) is 0 Å². The molecule has 0 fully saturated rings. The molecule has 0 atom stereocenters. The lowest BCUT2D eigenvalue weighted by Gasteiger charge is -2.14. The summed E-state index contributed by atoms with van der Waals surface area (Å²) in [5.41, 5.74) is -1.15. The Kier molecular flexibility index (Phi) is 8.65. The molecule has 0 heterocycles. The Morgan fingerprint density at radius 2 is 1.25 bits per heavy atom. The summed E-state index contributed by atoms with van der Waals surface area (Å²) >= 11 is 0. The first-order chi connectivity index (χ1) is 4.56. The lowest BCUT2D eigenvalue weighted by molar-refractivity contribution is -0.849. The molecule has 4 nitrogen and oxygen atoms in total. The normalized spacial score (nSPS) is 10.2. The third kappa shape index (κ3) is 117. The van der Waals surface area contributed by atoms with Gasteiger partial charge < -0.3 is 15.1 Å². The van der Waals surface area contributed by atoms with Gasteiger partial charge in [0.15, 0.2) is 0 Å². The number of rotatable bonds is 0. The van der Waals surface area contributed by atoms with Crippen LogP contribution in [-0.4, -0.2) is 48.9 Å². The standard InChI is InChI=1S/C4H7NO.C4H12N.H2O/c1-4(2,6)3-5;1-5(2,3)4;/h6H,1-2H3;1-4H3;1H2/q;+1;/p-1. The maximum Gasteiger partial charge on any atom is 0.145 e. The van der Waals surface area contributed by atoms with E-state index in [2.05, 4.69) is 28.2 Å². The van der Waals surface area contributed by atoms with Crippen molar-refractivity contribution >= 4 is 0 Å². The zero-order valence-electron chi connectivity index (χ0n) is 8.79. The van der Waals surface area contributed by atoms with Gasteiger partial charge in [-0.05, 0) is 13.8 Å². The highest BCUT2D eigenvalue weighted by Crippen LogP contribution is 1.93. The molecule has 0 aliphatic heterocycles. The van der Waals surface area contributed by atoms with Crippen molar-refractivity contribution < 1.29 is 15.1 Å². The second-order valence-electron chi connectivity index (χ2n) is 4.35. The summed E-state index contributed by atoms with van der Waals surface area (Å²) in [4.78, 5) is 0. The van der Waals surface area contributed by atoms with Crippen molar-refractivity contribution in [2.75, 3.05) is 28.2 Å². The van der Waals surface area contributed by atoms with Crippen LogP contribution in [0.2, 0.25) is 0 Å². The fourth-order valence-electron chi connectivity index (χ4n) is 0. The molecule has 0 saturated heterocycles. The van der Waals surface area contributed by atoms with Crippen LogP contribution in [0.4, 0.5) is 0 Å². The first-order valence-electron chi connectivity index (χ1n) is 3.49.